The van der Waals surface area contributed by atoms with E-state index in [0.29, 0.717) is 37.7 Å². The minimum absolute atomic E-state index is 0.121. The second-order valence-corrected chi connectivity index (χ2v) is 8.21. The van der Waals surface area contributed by atoms with Gasteiger partial charge in [0.2, 0.25) is 12.0 Å². The van der Waals surface area contributed by atoms with Gasteiger partial charge in [0, 0.05) is 38.3 Å². The molecule has 0 bridgehead atoms. The topological polar surface area (TPSA) is 137 Å². The summed E-state index contributed by atoms with van der Waals surface area (Å²) in [7, 11) is 0. The van der Waals surface area contributed by atoms with Crippen LogP contribution in [0.5, 0.6) is 11.5 Å². The summed E-state index contributed by atoms with van der Waals surface area (Å²) in [5.41, 5.74) is -0.432. The SMILES string of the molecule is O=C(Cn1cnc2cc([N+](=O)[O-])ccc2c1=O)N1CCN(C(=O)C2COc3ccccc3O2)CC1. The zero-order chi connectivity index (χ0) is 24.5. The highest BCUT2D eigenvalue weighted by Gasteiger charge is 2.33. The van der Waals surface area contributed by atoms with Crippen molar-refractivity contribution in [2.45, 2.75) is 12.6 Å². The van der Waals surface area contributed by atoms with Crippen molar-refractivity contribution in [3.8, 4) is 11.5 Å². The number of piperazine rings is 1. The van der Waals surface area contributed by atoms with Crippen LogP contribution in [-0.4, -0.2) is 75.0 Å². The van der Waals surface area contributed by atoms with E-state index in [0.717, 1.165) is 0 Å². The first-order chi connectivity index (χ1) is 16.9. The molecule has 2 amide bonds. The number of hydrogen-bond donors (Lipinski definition) is 0. The van der Waals surface area contributed by atoms with E-state index in [1.54, 1.807) is 28.0 Å². The number of carbonyl (C=O) groups excluding carboxylic acids is 2. The van der Waals surface area contributed by atoms with Crippen molar-refractivity contribution in [3.05, 3.63) is 69.3 Å². The smallest absolute Gasteiger partial charge is 0.271 e. The van der Waals surface area contributed by atoms with Gasteiger partial charge in [-0.3, -0.25) is 29.1 Å². The Labute approximate surface area is 198 Å². The predicted octanol–water partition coefficient (Wildman–Crippen LogP) is 0.815. The number of hydrogen-bond acceptors (Lipinski definition) is 8. The number of benzene rings is 2. The number of nitro groups is 1. The van der Waals surface area contributed by atoms with Gasteiger partial charge in [-0.1, -0.05) is 12.1 Å². The van der Waals surface area contributed by atoms with Crippen molar-refractivity contribution in [2.75, 3.05) is 32.8 Å². The average Bonchev–Trinajstić information content (AvgIpc) is 2.89. The van der Waals surface area contributed by atoms with Gasteiger partial charge in [0.05, 0.1) is 22.2 Å². The van der Waals surface area contributed by atoms with Crippen LogP contribution in [-0.2, 0) is 16.1 Å². The van der Waals surface area contributed by atoms with Crippen LogP contribution in [0.4, 0.5) is 5.69 Å². The van der Waals surface area contributed by atoms with Crippen LogP contribution in [0.2, 0.25) is 0 Å². The Morgan fingerprint density at radius 3 is 2.51 bits per heavy atom. The number of ether oxygens (including phenoxy) is 2. The number of aromatic nitrogens is 2. The van der Waals surface area contributed by atoms with Crippen LogP contribution in [0.25, 0.3) is 10.9 Å². The van der Waals surface area contributed by atoms with Crippen molar-refractivity contribution in [2.24, 2.45) is 0 Å². The normalized spacial score (nSPS) is 17.3. The summed E-state index contributed by atoms with van der Waals surface area (Å²) in [6.45, 7) is 1.20. The molecule has 3 aromatic rings. The highest BCUT2D eigenvalue weighted by atomic mass is 16.6. The van der Waals surface area contributed by atoms with Gasteiger partial charge >= 0.3 is 0 Å². The van der Waals surface area contributed by atoms with Gasteiger partial charge in [-0.15, -0.1) is 0 Å². The summed E-state index contributed by atoms with van der Waals surface area (Å²) in [6, 6.07) is 10.9. The molecule has 2 aromatic carbocycles. The monoisotopic (exact) mass is 479 g/mol. The molecule has 1 fully saturated rings. The highest BCUT2D eigenvalue weighted by molar-refractivity contribution is 5.83. The highest BCUT2D eigenvalue weighted by Crippen LogP contribution is 2.31. The van der Waals surface area contributed by atoms with Crippen molar-refractivity contribution in [3.63, 3.8) is 0 Å². The van der Waals surface area contributed by atoms with Gasteiger partial charge in [0.15, 0.2) is 11.5 Å². The molecular formula is C23H21N5O7. The Bertz CT molecular complexity index is 1380. The molecule has 0 N–H and O–H groups in total. The van der Waals surface area contributed by atoms with E-state index in [1.807, 2.05) is 6.07 Å². The third-order valence-corrected chi connectivity index (χ3v) is 6.05. The van der Waals surface area contributed by atoms with Crippen molar-refractivity contribution >= 4 is 28.4 Å². The molecule has 180 valence electrons. The molecular weight excluding hydrogens is 458 g/mol. The standard InChI is InChI=1S/C23H21N5O7/c29-21(12-27-14-24-17-11-15(28(32)33)5-6-16(17)22(27)30)25-7-9-26(10-8-25)23(31)20-13-34-18-3-1-2-4-19(18)35-20/h1-6,11,14,20H,7-10,12-13H2. The van der Waals surface area contributed by atoms with Crippen LogP contribution < -0.4 is 15.0 Å². The first-order valence-electron chi connectivity index (χ1n) is 11.0. The van der Waals surface area contributed by atoms with E-state index in [4.69, 9.17) is 9.47 Å². The number of fused-ring (bicyclic) bond motifs is 2. The molecule has 5 rings (SSSR count). The van der Waals surface area contributed by atoms with Crippen molar-refractivity contribution < 1.29 is 24.0 Å². The number of non-ortho nitro benzene ring substituents is 1. The summed E-state index contributed by atoms with van der Waals surface area (Å²) in [5, 5.41) is 11.1. The summed E-state index contributed by atoms with van der Waals surface area (Å²) < 4.78 is 12.6. The molecule has 1 aromatic heterocycles. The molecule has 2 aliphatic rings. The first-order valence-corrected chi connectivity index (χ1v) is 11.0. The van der Waals surface area contributed by atoms with E-state index >= 15 is 0 Å². The Kier molecular flexibility index (Phi) is 5.77. The van der Waals surface area contributed by atoms with E-state index in [-0.39, 0.29) is 41.6 Å². The van der Waals surface area contributed by atoms with Crippen LogP contribution in [0, 0.1) is 10.1 Å². The van der Waals surface area contributed by atoms with Crippen LogP contribution in [0.15, 0.2) is 53.6 Å². The molecule has 1 unspecified atom stereocenters. The van der Waals surface area contributed by atoms with Crippen LogP contribution in [0.3, 0.4) is 0 Å². The Morgan fingerprint density at radius 2 is 1.77 bits per heavy atom. The van der Waals surface area contributed by atoms with Gasteiger partial charge in [0.25, 0.3) is 17.2 Å². The molecule has 2 aliphatic heterocycles. The minimum atomic E-state index is -0.745. The van der Waals surface area contributed by atoms with Gasteiger partial charge in [-0.25, -0.2) is 4.98 Å². The summed E-state index contributed by atoms with van der Waals surface area (Å²) in [6.07, 6.45) is 0.467. The molecule has 35 heavy (non-hydrogen) atoms. The molecule has 3 heterocycles. The van der Waals surface area contributed by atoms with E-state index in [1.165, 1.54) is 29.1 Å². The molecule has 0 aliphatic carbocycles. The second kappa shape index (κ2) is 9.05. The van der Waals surface area contributed by atoms with Crippen molar-refractivity contribution in [1.29, 1.82) is 0 Å². The number of amides is 2. The summed E-state index contributed by atoms with van der Waals surface area (Å²) >= 11 is 0. The molecule has 0 saturated carbocycles. The third kappa shape index (κ3) is 4.37. The predicted molar refractivity (Wildman–Crippen MR) is 122 cm³/mol. The lowest BCUT2D eigenvalue weighted by Crippen LogP contribution is -2.55. The molecule has 0 spiro atoms. The van der Waals surface area contributed by atoms with E-state index in [9.17, 15) is 24.5 Å². The molecule has 1 atom stereocenters. The van der Waals surface area contributed by atoms with Gasteiger partial charge in [0.1, 0.15) is 13.2 Å². The van der Waals surface area contributed by atoms with Crippen LogP contribution >= 0.6 is 0 Å². The maximum absolute atomic E-state index is 12.9. The van der Waals surface area contributed by atoms with Crippen LogP contribution in [0.1, 0.15) is 0 Å². The van der Waals surface area contributed by atoms with E-state index < -0.39 is 16.6 Å². The molecule has 12 nitrogen and oxygen atoms in total. The Balaban J connectivity index is 1.20. The Morgan fingerprint density at radius 1 is 1.06 bits per heavy atom. The fraction of sp³-hybridized carbons (Fsp3) is 0.304. The van der Waals surface area contributed by atoms with Crippen molar-refractivity contribution in [1.82, 2.24) is 19.4 Å². The zero-order valence-corrected chi connectivity index (χ0v) is 18.5. The molecule has 12 heteroatoms. The number of rotatable bonds is 4. The fourth-order valence-corrected chi connectivity index (χ4v) is 4.14. The maximum atomic E-state index is 12.9. The van der Waals surface area contributed by atoms with Gasteiger partial charge in [-0.2, -0.15) is 0 Å². The lowest BCUT2D eigenvalue weighted by molar-refractivity contribution is -0.384. The minimum Gasteiger partial charge on any atom is -0.485 e. The summed E-state index contributed by atoms with van der Waals surface area (Å²) in [4.78, 5) is 56.1. The average molecular weight is 479 g/mol. The number of nitro benzene ring substituents is 1. The van der Waals surface area contributed by atoms with E-state index in [2.05, 4.69) is 4.98 Å². The first kappa shape index (κ1) is 22.3. The fourth-order valence-electron chi connectivity index (χ4n) is 4.14. The molecule has 1 saturated heterocycles. The van der Waals surface area contributed by atoms with Gasteiger partial charge in [-0.05, 0) is 18.2 Å². The number of para-hydroxylation sites is 2. The third-order valence-electron chi connectivity index (χ3n) is 6.05. The lowest BCUT2D eigenvalue weighted by atomic mass is 10.2. The number of nitrogens with zero attached hydrogens (tertiary/aromatic N) is 5. The largest absolute Gasteiger partial charge is 0.485 e. The van der Waals surface area contributed by atoms with Gasteiger partial charge < -0.3 is 19.3 Å². The second-order valence-electron chi connectivity index (χ2n) is 8.21. The lowest BCUT2D eigenvalue weighted by Gasteiger charge is -2.37. The maximum Gasteiger partial charge on any atom is 0.271 e. The summed E-state index contributed by atoms with van der Waals surface area (Å²) in [5.74, 6) is 0.641. The zero-order valence-electron chi connectivity index (χ0n) is 18.5. The Hall–Kier alpha value is -4.48. The quantitative estimate of drug-likeness (QED) is 0.396. The molecule has 0 radical (unpaired) electrons. The number of carbonyl (C=O) groups is 2.